The molecule has 0 atom stereocenters. The first-order valence-corrected chi connectivity index (χ1v) is 11.6. The average Bonchev–Trinajstić information content (AvgIpc) is 2.73. The number of aromatic nitrogens is 1. The lowest BCUT2D eigenvalue weighted by Gasteiger charge is -2.31. The van der Waals surface area contributed by atoms with Crippen LogP contribution in [0.25, 0.3) is 22.0 Å². The Labute approximate surface area is 202 Å². The molecule has 0 aliphatic heterocycles. The predicted octanol–water partition coefficient (Wildman–Crippen LogP) is 6.60. The second kappa shape index (κ2) is 9.84. The van der Waals surface area contributed by atoms with Crippen LogP contribution in [0.5, 0.6) is 5.75 Å². The first-order valence-electron chi connectivity index (χ1n) is 11.6. The van der Waals surface area contributed by atoms with E-state index in [1.54, 1.807) is 11.9 Å². The maximum Gasteiger partial charge on any atom is 0.415 e. The molecule has 1 N–H and O–H groups in total. The summed E-state index contributed by atoms with van der Waals surface area (Å²) in [5.41, 5.74) is 4.63. The topological polar surface area (TPSA) is 71.5 Å². The quantitative estimate of drug-likeness (QED) is 0.465. The highest BCUT2D eigenvalue weighted by atomic mass is 16.6. The van der Waals surface area contributed by atoms with Gasteiger partial charge in [-0.1, -0.05) is 43.7 Å². The van der Waals surface area contributed by atoms with Crippen molar-refractivity contribution in [3.63, 3.8) is 0 Å². The molecule has 0 aliphatic carbocycles. The van der Waals surface area contributed by atoms with Gasteiger partial charge in [-0.2, -0.15) is 0 Å². The third kappa shape index (κ3) is 5.74. The first-order chi connectivity index (χ1) is 15.9. The van der Waals surface area contributed by atoms with Crippen molar-refractivity contribution in [1.82, 2.24) is 9.88 Å². The standard InChI is InChI=1S/C28H35N3O3/c1-17(2)15-24-26(34-27(33)31(8)28(5,6)7)25(20-11-9-18(3)10-12-20)22-16-21(29-19(4)32)13-14-23(22)30-24/h9-14,16-17H,15H2,1-8H3,(H,29,32). The third-order valence-corrected chi connectivity index (χ3v) is 5.74. The van der Waals surface area contributed by atoms with Crippen LogP contribution in [0.4, 0.5) is 10.5 Å². The van der Waals surface area contributed by atoms with Crippen molar-refractivity contribution in [2.45, 2.75) is 60.4 Å². The number of fused-ring (bicyclic) bond motifs is 1. The fourth-order valence-electron chi connectivity index (χ4n) is 3.65. The van der Waals surface area contributed by atoms with Crippen LogP contribution in [0.3, 0.4) is 0 Å². The SMILES string of the molecule is CC(=O)Nc1ccc2nc(CC(C)C)c(OC(=O)N(C)C(C)(C)C)c(-c3ccc(C)cc3)c2c1. The van der Waals surface area contributed by atoms with Gasteiger partial charge in [-0.05, 0) is 63.8 Å². The summed E-state index contributed by atoms with van der Waals surface area (Å²) >= 11 is 0. The van der Waals surface area contributed by atoms with Crippen molar-refractivity contribution in [3.05, 3.63) is 53.7 Å². The Kier molecular flexibility index (Phi) is 7.29. The van der Waals surface area contributed by atoms with Gasteiger partial charge in [-0.3, -0.25) is 4.79 Å². The minimum Gasteiger partial charge on any atom is -0.408 e. The van der Waals surface area contributed by atoms with E-state index in [1.807, 2.05) is 70.2 Å². The van der Waals surface area contributed by atoms with Gasteiger partial charge in [0.1, 0.15) is 0 Å². The van der Waals surface area contributed by atoms with Gasteiger partial charge in [0.05, 0.1) is 11.2 Å². The zero-order valence-corrected chi connectivity index (χ0v) is 21.4. The molecular weight excluding hydrogens is 426 g/mol. The molecule has 1 aromatic heterocycles. The number of pyridine rings is 1. The Balaban J connectivity index is 2.33. The number of nitrogens with one attached hydrogen (secondary N) is 1. The summed E-state index contributed by atoms with van der Waals surface area (Å²) in [6.45, 7) is 13.6. The molecule has 3 aromatic rings. The molecular formula is C28H35N3O3. The number of rotatable bonds is 5. The highest BCUT2D eigenvalue weighted by molar-refractivity contribution is 6.02. The number of nitrogens with zero attached hydrogens (tertiary/aromatic N) is 2. The molecule has 3 rings (SSSR count). The normalized spacial score (nSPS) is 11.6. The van der Waals surface area contributed by atoms with Gasteiger partial charge in [-0.15, -0.1) is 0 Å². The number of aryl methyl sites for hydroxylation is 1. The van der Waals surface area contributed by atoms with Crippen molar-refractivity contribution in [2.75, 3.05) is 12.4 Å². The number of carbonyl (C=O) groups excluding carboxylic acids is 2. The van der Waals surface area contributed by atoms with Crippen molar-refractivity contribution < 1.29 is 14.3 Å². The van der Waals surface area contributed by atoms with Crippen molar-refractivity contribution in [3.8, 4) is 16.9 Å². The molecule has 0 saturated heterocycles. The molecule has 0 unspecified atom stereocenters. The predicted molar refractivity (Wildman–Crippen MR) is 138 cm³/mol. The Bertz CT molecular complexity index is 1210. The summed E-state index contributed by atoms with van der Waals surface area (Å²) in [6.07, 6.45) is 0.217. The zero-order valence-electron chi connectivity index (χ0n) is 21.4. The van der Waals surface area contributed by atoms with E-state index in [0.717, 1.165) is 33.3 Å². The molecule has 0 bridgehead atoms. The van der Waals surface area contributed by atoms with Gasteiger partial charge in [0.15, 0.2) is 5.75 Å². The second-order valence-electron chi connectivity index (χ2n) is 10.2. The van der Waals surface area contributed by atoms with Gasteiger partial charge in [-0.25, -0.2) is 9.78 Å². The van der Waals surface area contributed by atoms with E-state index in [9.17, 15) is 9.59 Å². The Morgan fingerprint density at radius 2 is 1.74 bits per heavy atom. The summed E-state index contributed by atoms with van der Waals surface area (Å²) in [7, 11) is 1.74. The number of benzene rings is 2. The molecule has 0 aliphatic rings. The van der Waals surface area contributed by atoms with Crippen LogP contribution in [0.1, 0.15) is 52.8 Å². The van der Waals surface area contributed by atoms with Crippen LogP contribution in [0, 0.1) is 12.8 Å². The summed E-state index contributed by atoms with van der Waals surface area (Å²) in [4.78, 5) is 31.4. The van der Waals surface area contributed by atoms with E-state index >= 15 is 0 Å². The summed E-state index contributed by atoms with van der Waals surface area (Å²) in [5.74, 6) is 0.623. The molecule has 180 valence electrons. The van der Waals surface area contributed by atoms with Crippen molar-refractivity contribution >= 4 is 28.6 Å². The van der Waals surface area contributed by atoms with Crippen LogP contribution < -0.4 is 10.1 Å². The lowest BCUT2D eigenvalue weighted by molar-refractivity contribution is -0.114. The summed E-state index contributed by atoms with van der Waals surface area (Å²) in [6, 6.07) is 13.8. The highest BCUT2D eigenvalue weighted by Crippen LogP contribution is 2.41. The van der Waals surface area contributed by atoms with Crippen LogP contribution >= 0.6 is 0 Å². The summed E-state index contributed by atoms with van der Waals surface area (Å²) < 4.78 is 6.12. The van der Waals surface area contributed by atoms with E-state index in [2.05, 4.69) is 19.2 Å². The number of anilines is 1. The van der Waals surface area contributed by atoms with Gasteiger partial charge in [0, 0.05) is 36.1 Å². The monoisotopic (exact) mass is 461 g/mol. The van der Waals surface area contributed by atoms with E-state index in [-0.39, 0.29) is 5.91 Å². The minimum absolute atomic E-state index is 0.154. The fraction of sp³-hybridized carbons (Fsp3) is 0.393. The number of amides is 2. The van der Waals surface area contributed by atoms with Gasteiger partial charge < -0.3 is 15.0 Å². The van der Waals surface area contributed by atoms with E-state index in [4.69, 9.17) is 9.72 Å². The van der Waals surface area contributed by atoms with Crippen molar-refractivity contribution in [2.24, 2.45) is 5.92 Å². The van der Waals surface area contributed by atoms with E-state index < -0.39 is 11.6 Å². The molecule has 0 fully saturated rings. The van der Waals surface area contributed by atoms with Crippen LogP contribution in [0.15, 0.2) is 42.5 Å². The average molecular weight is 462 g/mol. The van der Waals surface area contributed by atoms with E-state index in [0.29, 0.717) is 23.8 Å². The van der Waals surface area contributed by atoms with Gasteiger partial charge >= 0.3 is 6.09 Å². The van der Waals surface area contributed by atoms with Crippen LogP contribution in [-0.4, -0.2) is 34.5 Å². The fourth-order valence-corrected chi connectivity index (χ4v) is 3.65. The molecule has 1 heterocycles. The Morgan fingerprint density at radius 1 is 1.09 bits per heavy atom. The Hall–Kier alpha value is -3.41. The number of hydrogen-bond donors (Lipinski definition) is 1. The molecule has 0 saturated carbocycles. The van der Waals surface area contributed by atoms with Crippen LogP contribution in [-0.2, 0) is 11.2 Å². The molecule has 0 spiro atoms. The zero-order chi connectivity index (χ0) is 25.2. The van der Waals surface area contributed by atoms with Gasteiger partial charge in [0.25, 0.3) is 0 Å². The lowest BCUT2D eigenvalue weighted by Crippen LogP contribution is -2.44. The molecule has 34 heavy (non-hydrogen) atoms. The highest BCUT2D eigenvalue weighted by Gasteiger charge is 2.27. The maximum absolute atomic E-state index is 13.2. The maximum atomic E-state index is 13.2. The lowest BCUT2D eigenvalue weighted by atomic mass is 9.95. The Morgan fingerprint density at radius 3 is 2.29 bits per heavy atom. The number of ether oxygens (including phenoxy) is 1. The molecule has 2 aromatic carbocycles. The minimum atomic E-state index is -0.440. The second-order valence-corrected chi connectivity index (χ2v) is 10.2. The molecule has 6 heteroatoms. The van der Waals surface area contributed by atoms with Crippen molar-refractivity contribution in [1.29, 1.82) is 0 Å². The third-order valence-electron chi connectivity index (χ3n) is 5.74. The molecule has 6 nitrogen and oxygen atoms in total. The molecule has 2 amide bonds. The summed E-state index contributed by atoms with van der Waals surface area (Å²) in [5, 5.41) is 3.66. The smallest absolute Gasteiger partial charge is 0.408 e. The number of hydrogen-bond acceptors (Lipinski definition) is 4. The van der Waals surface area contributed by atoms with E-state index in [1.165, 1.54) is 6.92 Å². The van der Waals surface area contributed by atoms with Crippen LogP contribution in [0.2, 0.25) is 0 Å². The largest absolute Gasteiger partial charge is 0.415 e. The van der Waals surface area contributed by atoms with Gasteiger partial charge in [0.2, 0.25) is 5.91 Å². The number of carbonyl (C=O) groups is 2. The first kappa shape index (κ1) is 25.2. The molecule has 0 radical (unpaired) electrons.